The van der Waals surface area contributed by atoms with Gasteiger partial charge in [-0.1, -0.05) is 6.42 Å². The number of rotatable bonds is 7. The number of nitrogens with one attached hydrogen (secondary N) is 1. The lowest BCUT2D eigenvalue weighted by Crippen LogP contribution is -2.40. The molecule has 4 heteroatoms. The van der Waals surface area contributed by atoms with Crippen molar-refractivity contribution in [1.82, 2.24) is 9.80 Å². The Kier molecular flexibility index (Phi) is 6.33. The molecular weight excluding hydrogens is 262 g/mol. The van der Waals surface area contributed by atoms with E-state index in [1.165, 1.54) is 31.5 Å². The van der Waals surface area contributed by atoms with E-state index in [9.17, 15) is 0 Å². The highest BCUT2D eigenvalue weighted by Crippen LogP contribution is 2.18. The van der Waals surface area contributed by atoms with Gasteiger partial charge in [0, 0.05) is 24.8 Å². The summed E-state index contributed by atoms with van der Waals surface area (Å²) < 4.78 is 5.71. The summed E-state index contributed by atoms with van der Waals surface area (Å²) in [4.78, 5) is 4.59. The van der Waals surface area contributed by atoms with Crippen LogP contribution in [0.2, 0.25) is 0 Å². The molecule has 1 unspecified atom stereocenters. The Labute approximate surface area is 129 Å². The Balaban J connectivity index is 1.74. The van der Waals surface area contributed by atoms with Crippen LogP contribution in [0.5, 0.6) is 5.75 Å². The first kappa shape index (κ1) is 16.1. The standard InChI is InChI=1S/C17H29N3O/c1-19(2)12-13-21-17-9-7-15(8-10-17)18-14-16-6-4-5-11-20(16)3/h7-10,16,18H,4-6,11-14H2,1-3H3. The van der Waals surface area contributed by atoms with E-state index in [0.29, 0.717) is 6.04 Å². The predicted molar refractivity (Wildman–Crippen MR) is 89.2 cm³/mol. The monoisotopic (exact) mass is 291 g/mol. The molecule has 1 aromatic rings. The summed E-state index contributed by atoms with van der Waals surface area (Å²) in [5, 5.41) is 3.54. The molecule has 0 bridgehead atoms. The molecule has 1 fully saturated rings. The van der Waals surface area contributed by atoms with Crippen LogP contribution in [-0.4, -0.2) is 63.2 Å². The normalized spacial score (nSPS) is 19.7. The van der Waals surface area contributed by atoms with Crippen molar-refractivity contribution in [3.63, 3.8) is 0 Å². The summed E-state index contributed by atoms with van der Waals surface area (Å²) in [5.41, 5.74) is 1.17. The topological polar surface area (TPSA) is 27.7 Å². The van der Waals surface area contributed by atoms with E-state index in [2.05, 4.69) is 48.4 Å². The van der Waals surface area contributed by atoms with Crippen molar-refractivity contribution in [2.45, 2.75) is 25.3 Å². The molecule has 0 spiro atoms. The van der Waals surface area contributed by atoms with E-state index >= 15 is 0 Å². The lowest BCUT2D eigenvalue weighted by atomic mass is 10.0. The fourth-order valence-electron chi connectivity index (χ4n) is 2.65. The Morgan fingerprint density at radius 1 is 1.24 bits per heavy atom. The molecule has 0 saturated carbocycles. The Morgan fingerprint density at radius 3 is 2.67 bits per heavy atom. The van der Waals surface area contributed by atoms with Crippen LogP contribution in [0.4, 0.5) is 5.69 Å². The van der Waals surface area contributed by atoms with Crippen LogP contribution in [0.15, 0.2) is 24.3 Å². The third-order valence-corrected chi connectivity index (χ3v) is 4.12. The van der Waals surface area contributed by atoms with Gasteiger partial charge in [-0.05, 0) is 64.8 Å². The zero-order valence-electron chi connectivity index (χ0n) is 13.6. The maximum absolute atomic E-state index is 5.71. The SMILES string of the molecule is CN(C)CCOc1ccc(NCC2CCCCN2C)cc1. The summed E-state index contributed by atoms with van der Waals surface area (Å²) in [5.74, 6) is 0.942. The average Bonchev–Trinajstić information content (AvgIpc) is 2.47. The lowest BCUT2D eigenvalue weighted by Gasteiger charge is -2.32. The largest absolute Gasteiger partial charge is 0.492 e. The van der Waals surface area contributed by atoms with Crippen molar-refractivity contribution >= 4 is 5.69 Å². The number of likely N-dealkylation sites (tertiary alicyclic amines) is 1. The molecule has 1 saturated heterocycles. The molecule has 1 aliphatic rings. The average molecular weight is 291 g/mol. The number of hydrogen-bond acceptors (Lipinski definition) is 4. The molecule has 1 aromatic carbocycles. The number of hydrogen-bond donors (Lipinski definition) is 1. The molecule has 1 aliphatic heterocycles. The molecule has 118 valence electrons. The molecule has 0 aliphatic carbocycles. The van der Waals surface area contributed by atoms with Crippen molar-refractivity contribution < 1.29 is 4.74 Å². The molecule has 1 atom stereocenters. The van der Waals surface area contributed by atoms with Gasteiger partial charge in [0.2, 0.25) is 0 Å². The number of anilines is 1. The molecule has 2 rings (SSSR count). The molecule has 0 aromatic heterocycles. The summed E-state index contributed by atoms with van der Waals surface area (Å²) in [6.07, 6.45) is 4.00. The van der Waals surface area contributed by atoms with E-state index < -0.39 is 0 Å². The predicted octanol–water partition coefficient (Wildman–Crippen LogP) is 2.52. The first-order valence-electron chi connectivity index (χ1n) is 7.97. The third kappa shape index (κ3) is 5.56. The maximum atomic E-state index is 5.71. The molecule has 4 nitrogen and oxygen atoms in total. The highest BCUT2D eigenvalue weighted by atomic mass is 16.5. The van der Waals surface area contributed by atoms with E-state index in [0.717, 1.165) is 25.4 Å². The van der Waals surface area contributed by atoms with Gasteiger partial charge in [0.15, 0.2) is 0 Å². The van der Waals surface area contributed by atoms with Crippen molar-refractivity contribution in [3.8, 4) is 5.75 Å². The van der Waals surface area contributed by atoms with Gasteiger partial charge >= 0.3 is 0 Å². The molecule has 1 N–H and O–H groups in total. The minimum atomic E-state index is 0.662. The summed E-state index contributed by atoms with van der Waals surface area (Å²) in [6, 6.07) is 8.96. The molecule has 0 amide bonds. The van der Waals surface area contributed by atoms with Crippen molar-refractivity contribution in [1.29, 1.82) is 0 Å². The van der Waals surface area contributed by atoms with Crippen LogP contribution < -0.4 is 10.1 Å². The zero-order chi connectivity index (χ0) is 15.1. The van der Waals surface area contributed by atoms with Crippen LogP contribution in [-0.2, 0) is 0 Å². The van der Waals surface area contributed by atoms with Gasteiger partial charge in [0.25, 0.3) is 0 Å². The van der Waals surface area contributed by atoms with Gasteiger partial charge < -0.3 is 19.9 Å². The van der Waals surface area contributed by atoms with Crippen LogP contribution >= 0.6 is 0 Å². The maximum Gasteiger partial charge on any atom is 0.119 e. The van der Waals surface area contributed by atoms with Crippen LogP contribution in [0.3, 0.4) is 0 Å². The highest BCUT2D eigenvalue weighted by Gasteiger charge is 2.18. The van der Waals surface area contributed by atoms with E-state index in [1.54, 1.807) is 0 Å². The van der Waals surface area contributed by atoms with Crippen molar-refractivity contribution in [2.24, 2.45) is 0 Å². The first-order chi connectivity index (χ1) is 10.1. The number of nitrogens with zero attached hydrogens (tertiary/aromatic N) is 2. The second-order valence-corrected chi connectivity index (χ2v) is 6.19. The van der Waals surface area contributed by atoms with Gasteiger partial charge in [-0.25, -0.2) is 0 Å². The summed E-state index contributed by atoms with van der Waals surface area (Å²) in [7, 11) is 6.34. The van der Waals surface area contributed by atoms with Gasteiger partial charge in [0.05, 0.1) is 0 Å². The quantitative estimate of drug-likeness (QED) is 0.835. The first-order valence-corrected chi connectivity index (χ1v) is 7.97. The molecular formula is C17H29N3O. The van der Waals surface area contributed by atoms with E-state index in [-0.39, 0.29) is 0 Å². The van der Waals surface area contributed by atoms with Gasteiger partial charge in [-0.3, -0.25) is 0 Å². The Morgan fingerprint density at radius 2 is 2.00 bits per heavy atom. The number of piperidine rings is 1. The fraction of sp³-hybridized carbons (Fsp3) is 0.647. The minimum absolute atomic E-state index is 0.662. The highest BCUT2D eigenvalue weighted by molar-refractivity contribution is 5.46. The number of likely N-dealkylation sites (N-methyl/N-ethyl adjacent to an activating group) is 2. The van der Waals surface area contributed by atoms with Crippen LogP contribution in [0.25, 0.3) is 0 Å². The number of ether oxygens (including phenoxy) is 1. The second kappa shape index (κ2) is 8.25. The van der Waals surface area contributed by atoms with Crippen molar-refractivity contribution in [2.75, 3.05) is 52.7 Å². The second-order valence-electron chi connectivity index (χ2n) is 6.19. The summed E-state index contributed by atoms with van der Waals surface area (Å²) >= 11 is 0. The minimum Gasteiger partial charge on any atom is -0.492 e. The van der Waals surface area contributed by atoms with Gasteiger partial charge in [-0.2, -0.15) is 0 Å². The van der Waals surface area contributed by atoms with Gasteiger partial charge in [0.1, 0.15) is 12.4 Å². The molecule has 21 heavy (non-hydrogen) atoms. The van der Waals surface area contributed by atoms with Crippen molar-refractivity contribution in [3.05, 3.63) is 24.3 Å². The smallest absolute Gasteiger partial charge is 0.119 e. The van der Waals surface area contributed by atoms with E-state index in [4.69, 9.17) is 4.74 Å². The number of benzene rings is 1. The molecule has 1 heterocycles. The third-order valence-electron chi connectivity index (χ3n) is 4.12. The summed E-state index contributed by atoms with van der Waals surface area (Å²) in [6.45, 7) is 3.92. The van der Waals surface area contributed by atoms with Crippen LogP contribution in [0.1, 0.15) is 19.3 Å². The zero-order valence-corrected chi connectivity index (χ0v) is 13.6. The molecule has 0 radical (unpaired) electrons. The van der Waals surface area contributed by atoms with E-state index in [1.807, 2.05) is 12.1 Å². The van der Waals surface area contributed by atoms with Crippen LogP contribution in [0, 0.1) is 0 Å². The Bertz CT molecular complexity index is 405. The Hall–Kier alpha value is -1.26. The lowest BCUT2D eigenvalue weighted by molar-refractivity contribution is 0.194. The fourth-order valence-corrected chi connectivity index (χ4v) is 2.65. The van der Waals surface area contributed by atoms with Gasteiger partial charge in [-0.15, -0.1) is 0 Å².